The monoisotopic (exact) mass is 131 g/mol. The largest absolute Gasteiger partial charge is 0.377 e. The van der Waals surface area contributed by atoms with Crippen molar-refractivity contribution in [2.24, 2.45) is 0 Å². The lowest BCUT2D eigenvalue weighted by Gasteiger charge is -2.21. The van der Waals surface area contributed by atoms with Crippen LogP contribution in [0.4, 0.5) is 0 Å². The van der Waals surface area contributed by atoms with Crippen LogP contribution in [0, 0.1) is 0 Å². The van der Waals surface area contributed by atoms with E-state index in [0.29, 0.717) is 6.10 Å². The molecule has 0 unspecified atom stereocenters. The molecule has 0 spiro atoms. The Balaban J connectivity index is 0.000000810. The fourth-order valence-corrected chi connectivity index (χ4v) is 1.20. The Morgan fingerprint density at radius 2 is 2.56 bits per heavy atom. The van der Waals surface area contributed by atoms with Crippen molar-refractivity contribution in [2.75, 3.05) is 20.2 Å². The highest BCUT2D eigenvalue weighted by Gasteiger charge is 2.11. The zero-order valence-electron chi connectivity index (χ0n) is 6.02. The minimum absolute atomic E-state index is 0. The van der Waals surface area contributed by atoms with E-state index in [9.17, 15) is 0 Å². The van der Waals surface area contributed by atoms with Gasteiger partial charge in [0.05, 0.1) is 6.10 Å². The minimum atomic E-state index is 0. The lowest BCUT2D eigenvalue weighted by molar-refractivity contribution is 0.0181. The molecule has 1 N–H and O–H groups in total. The molecule has 0 aromatic rings. The van der Waals surface area contributed by atoms with E-state index in [-0.39, 0.29) is 1.43 Å². The van der Waals surface area contributed by atoms with Crippen molar-refractivity contribution in [1.82, 2.24) is 5.32 Å². The number of ether oxygens (including phenoxy) is 1. The van der Waals surface area contributed by atoms with E-state index in [4.69, 9.17) is 4.74 Å². The molecule has 0 aliphatic carbocycles. The Bertz CT molecular complexity index is 71.3. The van der Waals surface area contributed by atoms with Crippen LogP contribution < -0.4 is 5.32 Å². The molecule has 0 aromatic heterocycles. The van der Waals surface area contributed by atoms with Gasteiger partial charge >= 0.3 is 0 Å². The minimum Gasteiger partial charge on any atom is -0.377 e. The maximum atomic E-state index is 5.46. The molecule has 2 heteroatoms. The van der Waals surface area contributed by atoms with Crippen LogP contribution in [0.3, 0.4) is 0 Å². The molecule has 1 heterocycles. The first kappa shape index (κ1) is 7.03. The van der Waals surface area contributed by atoms with Crippen LogP contribution in [0.5, 0.6) is 0 Å². The van der Waals surface area contributed by atoms with Crippen LogP contribution in [-0.2, 0) is 4.74 Å². The predicted molar refractivity (Wildman–Crippen MR) is 39.6 cm³/mol. The first-order valence-electron chi connectivity index (χ1n) is 3.69. The molecular weight excluding hydrogens is 114 g/mol. The molecule has 1 aliphatic heterocycles. The van der Waals surface area contributed by atoms with Crippen LogP contribution in [0.1, 0.15) is 20.7 Å². The molecule has 9 heavy (non-hydrogen) atoms. The summed E-state index contributed by atoms with van der Waals surface area (Å²) in [4.78, 5) is 0. The molecule has 56 valence electrons. The first-order valence-corrected chi connectivity index (χ1v) is 3.69. The second-order valence-electron chi connectivity index (χ2n) is 2.55. The Labute approximate surface area is 58.1 Å². The lowest BCUT2D eigenvalue weighted by Crippen LogP contribution is -2.29. The van der Waals surface area contributed by atoms with Crippen molar-refractivity contribution in [3.63, 3.8) is 0 Å². The average molecular weight is 131 g/mol. The Morgan fingerprint density at radius 1 is 1.67 bits per heavy atom. The second-order valence-corrected chi connectivity index (χ2v) is 2.55. The number of rotatable bonds is 2. The van der Waals surface area contributed by atoms with Gasteiger partial charge in [-0.1, -0.05) is 0 Å². The van der Waals surface area contributed by atoms with Gasteiger partial charge in [0.15, 0.2) is 0 Å². The summed E-state index contributed by atoms with van der Waals surface area (Å²) in [5.74, 6) is 0. The van der Waals surface area contributed by atoms with E-state index < -0.39 is 0 Å². The fourth-order valence-electron chi connectivity index (χ4n) is 1.20. The molecule has 1 saturated heterocycles. The van der Waals surface area contributed by atoms with Crippen LogP contribution in [0.2, 0.25) is 0 Å². The predicted octanol–water partition coefficient (Wildman–Crippen LogP) is 1.02. The molecular formula is C7H17NO. The van der Waals surface area contributed by atoms with E-state index >= 15 is 0 Å². The van der Waals surface area contributed by atoms with E-state index in [1.165, 1.54) is 19.3 Å². The van der Waals surface area contributed by atoms with E-state index in [1.807, 2.05) is 7.05 Å². The van der Waals surface area contributed by atoms with Crippen LogP contribution in [-0.4, -0.2) is 26.3 Å². The molecule has 1 fully saturated rings. The quantitative estimate of drug-likeness (QED) is 0.604. The number of hydrogen-bond donors (Lipinski definition) is 1. The van der Waals surface area contributed by atoms with Gasteiger partial charge in [-0.15, -0.1) is 0 Å². The Morgan fingerprint density at radius 3 is 3.11 bits per heavy atom. The summed E-state index contributed by atoms with van der Waals surface area (Å²) in [5, 5.41) is 3.11. The molecule has 0 radical (unpaired) electrons. The summed E-state index contributed by atoms with van der Waals surface area (Å²) >= 11 is 0. The summed E-state index contributed by atoms with van der Waals surface area (Å²) in [6.07, 6.45) is 4.32. The number of likely N-dealkylation sites (N-methyl/N-ethyl adjacent to an activating group) is 1. The van der Waals surface area contributed by atoms with E-state index in [0.717, 1.165) is 13.2 Å². The van der Waals surface area contributed by atoms with Crippen molar-refractivity contribution in [3.05, 3.63) is 0 Å². The SMILES string of the molecule is CNC[C@H]1CCCCO1.[HH]. The smallest absolute Gasteiger partial charge is 0.0699 e. The third-order valence-corrected chi connectivity index (χ3v) is 1.71. The van der Waals surface area contributed by atoms with Gasteiger partial charge in [0.1, 0.15) is 0 Å². The zero-order valence-corrected chi connectivity index (χ0v) is 6.02. The molecule has 1 aliphatic rings. The van der Waals surface area contributed by atoms with Gasteiger partial charge in [0, 0.05) is 14.6 Å². The maximum Gasteiger partial charge on any atom is 0.0699 e. The van der Waals surface area contributed by atoms with Crippen LogP contribution in [0.25, 0.3) is 0 Å². The van der Waals surface area contributed by atoms with Crippen molar-refractivity contribution in [1.29, 1.82) is 0 Å². The maximum absolute atomic E-state index is 5.46. The van der Waals surface area contributed by atoms with E-state index in [2.05, 4.69) is 5.32 Å². The van der Waals surface area contributed by atoms with Gasteiger partial charge in [-0.2, -0.15) is 0 Å². The van der Waals surface area contributed by atoms with E-state index in [1.54, 1.807) is 0 Å². The molecule has 2 nitrogen and oxygen atoms in total. The number of nitrogens with one attached hydrogen (secondary N) is 1. The standard InChI is InChI=1S/C7H15NO.H2/c1-8-6-7-4-2-3-5-9-7;/h7-8H,2-6H2,1H3;1H/t7-;/m1./s1. The lowest BCUT2D eigenvalue weighted by atomic mass is 10.1. The summed E-state index contributed by atoms with van der Waals surface area (Å²) in [6, 6.07) is 0. The van der Waals surface area contributed by atoms with Gasteiger partial charge in [-0.05, 0) is 26.3 Å². The van der Waals surface area contributed by atoms with Gasteiger partial charge in [-0.3, -0.25) is 0 Å². The molecule has 0 bridgehead atoms. The van der Waals surface area contributed by atoms with Crippen molar-refractivity contribution >= 4 is 0 Å². The fraction of sp³-hybridized carbons (Fsp3) is 1.00. The highest BCUT2D eigenvalue weighted by Crippen LogP contribution is 2.10. The summed E-state index contributed by atoms with van der Waals surface area (Å²) in [5.41, 5.74) is 0. The van der Waals surface area contributed by atoms with Gasteiger partial charge in [0.25, 0.3) is 0 Å². The topological polar surface area (TPSA) is 21.3 Å². The summed E-state index contributed by atoms with van der Waals surface area (Å²) in [7, 11) is 1.97. The summed E-state index contributed by atoms with van der Waals surface area (Å²) in [6.45, 7) is 1.98. The Hall–Kier alpha value is -0.0800. The number of hydrogen-bond acceptors (Lipinski definition) is 2. The van der Waals surface area contributed by atoms with Crippen LogP contribution in [0.15, 0.2) is 0 Å². The molecule has 1 atom stereocenters. The van der Waals surface area contributed by atoms with Crippen molar-refractivity contribution in [3.8, 4) is 0 Å². The summed E-state index contributed by atoms with van der Waals surface area (Å²) < 4.78 is 5.46. The average Bonchev–Trinajstić information content (AvgIpc) is 1.91. The highest BCUT2D eigenvalue weighted by molar-refractivity contribution is 4.64. The zero-order chi connectivity index (χ0) is 6.53. The first-order chi connectivity index (χ1) is 4.43. The highest BCUT2D eigenvalue weighted by atomic mass is 16.5. The van der Waals surface area contributed by atoms with Crippen molar-refractivity contribution < 1.29 is 6.16 Å². The molecule has 0 saturated carbocycles. The third kappa shape index (κ3) is 2.33. The molecule has 1 rings (SSSR count). The second kappa shape index (κ2) is 3.85. The Kier molecular flexibility index (Phi) is 3.01. The van der Waals surface area contributed by atoms with Gasteiger partial charge in [0.2, 0.25) is 0 Å². The van der Waals surface area contributed by atoms with Crippen molar-refractivity contribution in [2.45, 2.75) is 25.4 Å². The van der Waals surface area contributed by atoms with Gasteiger partial charge in [-0.25, -0.2) is 0 Å². The molecule has 0 amide bonds. The molecule has 0 aromatic carbocycles. The van der Waals surface area contributed by atoms with Gasteiger partial charge < -0.3 is 10.1 Å². The third-order valence-electron chi connectivity index (χ3n) is 1.71. The normalized spacial score (nSPS) is 28.3. The van der Waals surface area contributed by atoms with Crippen LogP contribution >= 0.6 is 0 Å².